The van der Waals surface area contributed by atoms with Crippen LogP contribution in [0.15, 0.2) is 30.5 Å². The van der Waals surface area contributed by atoms with E-state index in [0.29, 0.717) is 10.7 Å². The van der Waals surface area contributed by atoms with Gasteiger partial charge in [-0.2, -0.15) is 5.10 Å². The molecule has 5 nitrogen and oxygen atoms in total. The smallest absolute Gasteiger partial charge is 0.126 e. The minimum atomic E-state index is 0.310. The average Bonchev–Trinajstić information content (AvgIpc) is 2.76. The van der Waals surface area contributed by atoms with Gasteiger partial charge in [0.25, 0.3) is 0 Å². The van der Waals surface area contributed by atoms with Crippen molar-refractivity contribution in [1.82, 2.24) is 14.8 Å². The average molecular weight is 261 g/mol. The van der Waals surface area contributed by atoms with E-state index in [-0.39, 0.29) is 0 Å². The number of aromatic nitrogens is 3. The molecule has 2 aromatic rings. The summed E-state index contributed by atoms with van der Waals surface area (Å²) in [4.78, 5) is 4.62. The zero-order chi connectivity index (χ0) is 13.0. The Hall–Kier alpha value is -1.95. The summed E-state index contributed by atoms with van der Waals surface area (Å²) >= 11 is 4.89. The van der Waals surface area contributed by atoms with Crippen LogP contribution in [-0.4, -0.2) is 26.3 Å². The van der Waals surface area contributed by atoms with Crippen LogP contribution in [0.4, 0.5) is 5.82 Å². The lowest BCUT2D eigenvalue weighted by Gasteiger charge is -2.07. The number of pyridine rings is 1. The van der Waals surface area contributed by atoms with Gasteiger partial charge < -0.3 is 11.1 Å². The largest absolute Gasteiger partial charge is 0.388 e. The molecule has 0 aliphatic carbocycles. The van der Waals surface area contributed by atoms with Crippen molar-refractivity contribution < 1.29 is 0 Å². The van der Waals surface area contributed by atoms with Gasteiger partial charge in [-0.1, -0.05) is 18.3 Å². The van der Waals surface area contributed by atoms with Crippen molar-refractivity contribution in [3.05, 3.63) is 41.9 Å². The zero-order valence-corrected chi connectivity index (χ0v) is 10.9. The fourth-order valence-corrected chi connectivity index (χ4v) is 1.75. The van der Waals surface area contributed by atoms with Gasteiger partial charge in [0.05, 0.1) is 5.69 Å². The molecule has 0 amide bonds. The molecule has 0 spiro atoms. The minimum Gasteiger partial charge on any atom is -0.388 e. The first kappa shape index (κ1) is 12.5. The predicted molar refractivity (Wildman–Crippen MR) is 75.5 cm³/mol. The second-order valence-corrected chi connectivity index (χ2v) is 4.34. The number of nitrogens with zero attached hydrogens (tertiary/aromatic N) is 3. The van der Waals surface area contributed by atoms with Gasteiger partial charge in [-0.05, 0) is 18.2 Å². The molecule has 0 aliphatic heterocycles. The van der Waals surface area contributed by atoms with Crippen LogP contribution in [0.5, 0.6) is 0 Å². The first-order chi connectivity index (χ1) is 8.66. The van der Waals surface area contributed by atoms with Crippen molar-refractivity contribution in [2.24, 2.45) is 12.8 Å². The molecule has 6 heteroatoms. The number of hydrogen-bond acceptors (Lipinski definition) is 4. The van der Waals surface area contributed by atoms with Crippen LogP contribution < -0.4 is 11.1 Å². The highest BCUT2D eigenvalue weighted by atomic mass is 32.1. The maximum Gasteiger partial charge on any atom is 0.126 e. The summed E-state index contributed by atoms with van der Waals surface area (Å²) in [6.45, 7) is 0.785. The van der Waals surface area contributed by atoms with Gasteiger partial charge in [0.15, 0.2) is 0 Å². The third-order valence-corrected chi connectivity index (χ3v) is 2.82. The van der Waals surface area contributed by atoms with Gasteiger partial charge >= 0.3 is 0 Å². The first-order valence-corrected chi connectivity index (χ1v) is 6.05. The van der Waals surface area contributed by atoms with Gasteiger partial charge in [0.1, 0.15) is 10.8 Å². The third kappa shape index (κ3) is 3.04. The van der Waals surface area contributed by atoms with E-state index >= 15 is 0 Å². The Kier molecular flexibility index (Phi) is 3.88. The van der Waals surface area contributed by atoms with Crippen LogP contribution in [0.25, 0.3) is 0 Å². The fraction of sp³-hybridized carbons (Fsp3) is 0.250. The summed E-state index contributed by atoms with van der Waals surface area (Å²) in [5.74, 6) is 0.780. The van der Waals surface area contributed by atoms with Gasteiger partial charge in [0.2, 0.25) is 0 Å². The highest BCUT2D eigenvalue weighted by Crippen LogP contribution is 2.05. The van der Waals surface area contributed by atoms with Gasteiger partial charge in [-0.3, -0.25) is 4.68 Å². The molecule has 94 valence electrons. The molecular formula is C12H15N5S. The molecule has 0 atom stereocenters. The van der Waals surface area contributed by atoms with Crippen molar-refractivity contribution in [3.63, 3.8) is 0 Å². The third-order valence-electron chi connectivity index (χ3n) is 2.61. The maximum atomic E-state index is 5.54. The summed E-state index contributed by atoms with van der Waals surface area (Å²) < 4.78 is 1.86. The molecular weight excluding hydrogens is 246 g/mol. The summed E-state index contributed by atoms with van der Waals surface area (Å²) in [7, 11) is 1.93. The lowest BCUT2D eigenvalue weighted by Crippen LogP contribution is -2.14. The van der Waals surface area contributed by atoms with Crippen molar-refractivity contribution >= 4 is 23.0 Å². The molecule has 0 aliphatic rings. The maximum absolute atomic E-state index is 5.54. The van der Waals surface area contributed by atoms with Gasteiger partial charge in [-0.25, -0.2) is 4.98 Å². The molecule has 2 heterocycles. The number of anilines is 1. The number of nitrogens with one attached hydrogen (secondary N) is 1. The molecule has 0 radical (unpaired) electrons. The van der Waals surface area contributed by atoms with E-state index in [1.165, 1.54) is 5.69 Å². The number of rotatable bonds is 5. The number of nitrogens with two attached hydrogens (primary N) is 1. The van der Waals surface area contributed by atoms with E-state index < -0.39 is 0 Å². The van der Waals surface area contributed by atoms with E-state index in [0.717, 1.165) is 18.8 Å². The summed E-state index contributed by atoms with van der Waals surface area (Å²) in [5, 5.41) is 7.36. The first-order valence-electron chi connectivity index (χ1n) is 5.64. The van der Waals surface area contributed by atoms with E-state index in [9.17, 15) is 0 Å². The van der Waals surface area contributed by atoms with Crippen LogP contribution in [-0.2, 0) is 13.5 Å². The Bertz CT molecular complexity index is 549. The van der Waals surface area contributed by atoms with Crippen LogP contribution in [0.3, 0.4) is 0 Å². The molecule has 0 aromatic carbocycles. The van der Waals surface area contributed by atoms with Crippen molar-refractivity contribution in [1.29, 1.82) is 0 Å². The standard InChI is InChI=1S/C12H15N5S/c1-17-9(6-8-15-17)5-7-14-11-4-2-3-10(16-11)12(13)18/h2-4,6,8H,5,7H2,1H3,(H2,13,18)(H,14,16). The quantitative estimate of drug-likeness (QED) is 0.789. The number of aryl methyl sites for hydroxylation is 1. The van der Waals surface area contributed by atoms with E-state index in [1.807, 2.05) is 29.9 Å². The predicted octanol–water partition coefficient (Wildman–Crippen LogP) is 1.10. The molecule has 0 bridgehead atoms. The molecule has 0 fully saturated rings. The van der Waals surface area contributed by atoms with E-state index in [1.54, 1.807) is 12.3 Å². The molecule has 0 saturated carbocycles. The Labute approximate surface area is 111 Å². The minimum absolute atomic E-state index is 0.310. The normalized spacial score (nSPS) is 10.3. The van der Waals surface area contributed by atoms with E-state index in [4.69, 9.17) is 18.0 Å². The van der Waals surface area contributed by atoms with Crippen LogP contribution >= 0.6 is 12.2 Å². The Morgan fingerprint density at radius 2 is 2.28 bits per heavy atom. The second kappa shape index (κ2) is 5.59. The lowest BCUT2D eigenvalue weighted by atomic mass is 10.3. The monoisotopic (exact) mass is 261 g/mol. The Balaban J connectivity index is 1.92. The second-order valence-electron chi connectivity index (χ2n) is 3.90. The van der Waals surface area contributed by atoms with Crippen LogP contribution in [0.1, 0.15) is 11.4 Å². The number of hydrogen-bond donors (Lipinski definition) is 2. The van der Waals surface area contributed by atoms with Crippen LogP contribution in [0, 0.1) is 0 Å². The zero-order valence-electron chi connectivity index (χ0n) is 10.1. The summed E-state index contributed by atoms with van der Waals surface area (Å²) in [6.07, 6.45) is 2.68. The Morgan fingerprint density at radius 3 is 2.94 bits per heavy atom. The molecule has 3 N–H and O–H groups in total. The summed E-state index contributed by atoms with van der Waals surface area (Å²) in [5.41, 5.74) is 7.35. The van der Waals surface area contributed by atoms with Crippen molar-refractivity contribution in [3.8, 4) is 0 Å². The van der Waals surface area contributed by atoms with Crippen molar-refractivity contribution in [2.75, 3.05) is 11.9 Å². The highest BCUT2D eigenvalue weighted by molar-refractivity contribution is 7.80. The number of thiocarbonyl (C=S) groups is 1. The van der Waals surface area contributed by atoms with Gasteiger partial charge in [-0.15, -0.1) is 0 Å². The highest BCUT2D eigenvalue weighted by Gasteiger charge is 2.01. The molecule has 0 unspecified atom stereocenters. The summed E-state index contributed by atoms with van der Waals surface area (Å²) in [6, 6.07) is 7.58. The van der Waals surface area contributed by atoms with Gasteiger partial charge in [0, 0.05) is 31.9 Å². The van der Waals surface area contributed by atoms with Crippen LogP contribution in [0.2, 0.25) is 0 Å². The van der Waals surface area contributed by atoms with Crippen molar-refractivity contribution in [2.45, 2.75) is 6.42 Å². The topological polar surface area (TPSA) is 68.8 Å². The fourth-order valence-electron chi connectivity index (χ4n) is 1.64. The molecule has 2 aromatic heterocycles. The Morgan fingerprint density at radius 1 is 1.44 bits per heavy atom. The molecule has 0 saturated heterocycles. The molecule has 18 heavy (non-hydrogen) atoms. The lowest BCUT2D eigenvalue weighted by molar-refractivity contribution is 0.711. The van der Waals surface area contributed by atoms with E-state index in [2.05, 4.69) is 15.4 Å². The molecule has 2 rings (SSSR count). The SMILES string of the molecule is Cn1nccc1CCNc1cccc(C(N)=S)n1.